The predicted octanol–water partition coefficient (Wildman–Crippen LogP) is -0.511. The molecule has 0 spiro atoms. The van der Waals surface area contributed by atoms with Gasteiger partial charge in [-0.05, 0) is 31.7 Å². The van der Waals surface area contributed by atoms with E-state index < -0.39 is 16.8 Å². The predicted molar refractivity (Wildman–Crippen MR) is 89.9 cm³/mol. The highest BCUT2D eigenvalue weighted by Crippen LogP contribution is 2.39. The number of hydrogen-bond donors (Lipinski definition) is 2. The lowest BCUT2D eigenvalue weighted by atomic mass is 9.95. The van der Waals surface area contributed by atoms with E-state index in [4.69, 9.17) is 5.73 Å². The molecule has 0 radical (unpaired) electrons. The molecule has 1 aliphatic carbocycles. The zero-order chi connectivity index (χ0) is 17.6. The van der Waals surface area contributed by atoms with Crippen LogP contribution in [0.15, 0.2) is 21.9 Å². The standard InChI is InChI=1S/C16H21N5O3/c1-16(8-17,10-4-5-10)19-13(22)9-6-11-12(18-7-9)20(2)15(24)21(3)14(11)23/h6-7,10H,4-5,8,17H2,1-3H3,(H,19,22). The van der Waals surface area contributed by atoms with Crippen molar-refractivity contribution < 1.29 is 4.79 Å². The van der Waals surface area contributed by atoms with E-state index in [0.717, 1.165) is 17.4 Å². The summed E-state index contributed by atoms with van der Waals surface area (Å²) in [5.74, 6) is 0.0636. The summed E-state index contributed by atoms with van der Waals surface area (Å²) >= 11 is 0. The van der Waals surface area contributed by atoms with Crippen molar-refractivity contribution in [2.75, 3.05) is 6.54 Å². The van der Waals surface area contributed by atoms with Gasteiger partial charge in [-0.2, -0.15) is 0 Å². The Kier molecular flexibility index (Phi) is 3.79. The van der Waals surface area contributed by atoms with E-state index in [1.54, 1.807) is 0 Å². The quantitative estimate of drug-likeness (QED) is 0.783. The maximum atomic E-state index is 12.6. The minimum absolute atomic E-state index is 0.230. The molecule has 1 aliphatic rings. The molecule has 1 saturated carbocycles. The molecule has 8 nitrogen and oxygen atoms in total. The topological polar surface area (TPSA) is 112 Å². The smallest absolute Gasteiger partial charge is 0.332 e. The van der Waals surface area contributed by atoms with E-state index in [2.05, 4.69) is 10.3 Å². The molecule has 1 fully saturated rings. The minimum atomic E-state index is -0.473. The Bertz CT molecular complexity index is 941. The van der Waals surface area contributed by atoms with E-state index >= 15 is 0 Å². The van der Waals surface area contributed by atoms with E-state index in [-0.39, 0.29) is 22.5 Å². The monoisotopic (exact) mass is 331 g/mol. The van der Waals surface area contributed by atoms with Crippen LogP contribution in [0.4, 0.5) is 0 Å². The van der Waals surface area contributed by atoms with Gasteiger partial charge in [-0.1, -0.05) is 0 Å². The maximum absolute atomic E-state index is 12.6. The highest BCUT2D eigenvalue weighted by atomic mass is 16.2. The Morgan fingerprint density at radius 3 is 2.62 bits per heavy atom. The SMILES string of the molecule is Cn1c(=O)c2cc(C(=O)NC(C)(CN)C3CC3)cnc2n(C)c1=O. The average Bonchev–Trinajstić information content (AvgIpc) is 3.42. The summed E-state index contributed by atoms with van der Waals surface area (Å²) in [7, 11) is 2.94. The van der Waals surface area contributed by atoms with Gasteiger partial charge in [0.05, 0.1) is 16.5 Å². The number of aromatic nitrogens is 3. The highest BCUT2D eigenvalue weighted by Gasteiger charge is 2.41. The normalized spacial score (nSPS) is 16.8. The van der Waals surface area contributed by atoms with Gasteiger partial charge in [-0.15, -0.1) is 0 Å². The molecule has 24 heavy (non-hydrogen) atoms. The zero-order valence-electron chi connectivity index (χ0n) is 14.0. The first kappa shape index (κ1) is 16.4. The number of pyridine rings is 1. The number of nitrogens with zero attached hydrogens (tertiary/aromatic N) is 3. The Balaban J connectivity index is 2.03. The molecule has 8 heteroatoms. The van der Waals surface area contributed by atoms with E-state index in [1.165, 1.54) is 30.9 Å². The Hall–Kier alpha value is -2.48. The summed E-state index contributed by atoms with van der Waals surface area (Å²) in [4.78, 5) is 40.9. The number of aryl methyl sites for hydroxylation is 1. The summed E-state index contributed by atoms with van der Waals surface area (Å²) in [6.07, 6.45) is 3.47. The third-order valence-electron chi connectivity index (χ3n) is 4.86. The molecule has 0 saturated heterocycles. The van der Waals surface area contributed by atoms with Gasteiger partial charge in [0, 0.05) is 26.8 Å². The molecule has 128 valence electrons. The van der Waals surface area contributed by atoms with Crippen LogP contribution in [0.25, 0.3) is 11.0 Å². The van der Waals surface area contributed by atoms with Crippen LogP contribution in [0.5, 0.6) is 0 Å². The summed E-state index contributed by atoms with van der Waals surface area (Å²) in [5.41, 5.74) is 4.97. The molecule has 0 bridgehead atoms. The number of nitrogens with one attached hydrogen (secondary N) is 1. The van der Waals surface area contributed by atoms with Crippen molar-refractivity contribution in [1.82, 2.24) is 19.4 Å². The van der Waals surface area contributed by atoms with Crippen molar-refractivity contribution in [2.24, 2.45) is 25.7 Å². The molecule has 2 aromatic heterocycles. The number of nitrogens with two attached hydrogens (primary N) is 1. The second kappa shape index (κ2) is 5.55. The van der Waals surface area contributed by atoms with Crippen LogP contribution in [-0.4, -0.2) is 32.1 Å². The first-order valence-electron chi connectivity index (χ1n) is 7.87. The second-order valence-corrected chi connectivity index (χ2v) is 6.65. The minimum Gasteiger partial charge on any atom is -0.345 e. The fraction of sp³-hybridized carbons (Fsp3) is 0.500. The number of fused-ring (bicyclic) bond motifs is 1. The van der Waals surface area contributed by atoms with Crippen LogP contribution in [0.2, 0.25) is 0 Å². The van der Waals surface area contributed by atoms with Crippen molar-refractivity contribution in [1.29, 1.82) is 0 Å². The van der Waals surface area contributed by atoms with Gasteiger partial charge in [-0.3, -0.25) is 18.7 Å². The van der Waals surface area contributed by atoms with Gasteiger partial charge in [0.25, 0.3) is 11.5 Å². The molecular weight excluding hydrogens is 310 g/mol. The molecule has 0 aliphatic heterocycles. The van der Waals surface area contributed by atoms with Gasteiger partial charge in [0.15, 0.2) is 0 Å². The first-order valence-corrected chi connectivity index (χ1v) is 7.87. The average molecular weight is 331 g/mol. The number of hydrogen-bond acceptors (Lipinski definition) is 5. The van der Waals surface area contributed by atoms with Crippen LogP contribution in [0.3, 0.4) is 0 Å². The molecule has 3 N–H and O–H groups in total. The van der Waals surface area contributed by atoms with Gasteiger partial charge >= 0.3 is 5.69 Å². The van der Waals surface area contributed by atoms with E-state index in [0.29, 0.717) is 12.5 Å². The molecule has 0 aromatic carbocycles. The van der Waals surface area contributed by atoms with Gasteiger partial charge in [0.2, 0.25) is 0 Å². The molecule has 1 unspecified atom stereocenters. The number of amides is 1. The van der Waals surface area contributed by atoms with Crippen molar-refractivity contribution in [2.45, 2.75) is 25.3 Å². The lowest BCUT2D eigenvalue weighted by molar-refractivity contribution is 0.0897. The first-order chi connectivity index (χ1) is 11.3. The van der Waals surface area contributed by atoms with Gasteiger partial charge in [0.1, 0.15) is 5.65 Å². The second-order valence-electron chi connectivity index (χ2n) is 6.65. The fourth-order valence-electron chi connectivity index (χ4n) is 2.96. The van der Waals surface area contributed by atoms with E-state index in [9.17, 15) is 14.4 Å². The van der Waals surface area contributed by atoms with Gasteiger partial charge in [-0.25, -0.2) is 9.78 Å². The lowest BCUT2D eigenvalue weighted by Crippen LogP contribution is -2.53. The zero-order valence-corrected chi connectivity index (χ0v) is 14.0. The number of carbonyl (C=O) groups excluding carboxylic acids is 1. The molecular formula is C16H21N5O3. The van der Waals surface area contributed by atoms with Crippen LogP contribution in [-0.2, 0) is 14.1 Å². The highest BCUT2D eigenvalue weighted by molar-refractivity contribution is 5.97. The van der Waals surface area contributed by atoms with Crippen molar-refractivity contribution >= 4 is 16.9 Å². The number of carbonyl (C=O) groups is 1. The van der Waals surface area contributed by atoms with Crippen LogP contribution in [0.1, 0.15) is 30.1 Å². The van der Waals surface area contributed by atoms with Crippen LogP contribution >= 0.6 is 0 Å². The summed E-state index contributed by atoms with van der Waals surface area (Å²) in [5, 5.41) is 3.19. The summed E-state index contributed by atoms with van der Waals surface area (Å²) in [6.45, 7) is 2.28. The third-order valence-corrected chi connectivity index (χ3v) is 4.86. The van der Waals surface area contributed by atoms with Crippen molar-refractivity contribution in [3.63, 3.8) is 0 Å². The molecule has 2 aromatic rings. The molecule has 1 amide bonds. The van der Waals surface area contributed by atoms with Crippen LogP contribution in [0, 0.1) is 5.92 Å². The third kappa shape index (κ3) is 2.52. The summed E-state index contributed by atoms with van der Waals surface area (Å²) in [6, 6.07) is 1.48. The van der Waals surface area contributed by atoms with Crippen LogP contribution < -0.4 is 22.3 Å². The molecule has 1 atom stereocenters. The summed E-state index contributed by atoms with van der Waals surface area (Å²) < 4.78 is 2.28. The Morgan fingerprint density at radius 1 is 1.38 bits per heavy atom. The Labute approximate surface area is 138 Å². The fourth-order valence-corrected chi connectivity index (χ4v) is 2.96. The largest absolute Gasteiger partial charge is 0.345 e. The maximum Gasteiger partial charge on any atom is 0.332 e. The Morgan fingerprint density at radius 2 is 2.04 bits per heavy atom. The van der Waals surface area contributed by atoms with Crippen molar-refractivity contribution in [3.8, 4) is 0 Å². The van der Waals surface area contributed by atoms with Crippen molar-refractivity contribution in [3.05, 3.63) is 38.7 Å². The van der Waals surface area contributed by atoms with E-state index in [1.807, 2.05) is 6.92 Å². The molecule has 2 heterocycles. The molecule has 3 rings (SSSR count). The number of rotatable bonds is 4. The van der Waals surface area contributed by atoms with Gasteiger partial charge < -0.3 is 11.1 Å². The lowest BCUT2D eigenvalue weighted by Gasteiger charge is -2.29.